The number of hydrogen-bond donors (Lipinski definition) is 1. The van der Waals surface area contributed by atoms with E-state index in [2.05, 4.69) is 5.32 Å². The number of rotatable bonds is 5. The van der Waals surface area contributed by atoms with Crippen molar-refractivity contribution < 1.29 is 28.3 Å². The van der Waals surface area contributed by atoms with Crippen molar-refractivity contribution in [3.05, 3.63) is 68.9 Å². The molecule has 1 aliphatic carbocycles. The molecule has 8 heteroatoms. The van der Waals surface area contributed by atoms with Crippen molar-refractivity contribution in [2.75, 3.05) is 13.7 Å². The first kappa shape index (κ1) is 23.5. The van der Waals surface area contributed by atoms with E-state index in [0.29, 0.717) is 35.2 Å². The van der Waals surface area contributed by atoms with Gasteiger partial charge in [-0.05, 0) is 37.8 Å². The van der Waals surface area contributed by atoms with Gasteiger partial charge in [0.15, 0.2) is 11.2 Å². The number of carbonyl (C=O) groups excluding carboxylic acids is 3. The largest absolute Gasteiger partial charge is 0.468 e. The molecule has 2 aromatic rings. The van der Waals surface area contributed by atoms with E-state index in [1.807, 2.05) is 6.92 Å². The molecule has 0 radical (unpaired) electrons. The van der Waals surface area contributed by atoms with E-state index in [1.54, 1.807) is 38.1 Å². The molecule has 0 spiro atoms. The normalized spacial score (nSPS) is 22.4. The number of benzene rings is 1. The van der Waals surface area contributed by atoms with E-state index in [0.717, 1.165) is 0 Å². The van der Waals surface area contributed by atoms with Gasteiger partial charge >= 0.3 is 11.9 Å². The summed E-state index contributed by atoms with van der Waals surface area (Å²) in [6.07, 6.45) is 2.29. The lowest BCUT2D eigenvalue weighted by Crippen LogP contribution is -2.44. The maximum absolute atomic E-state index is 13.7. The van der Waals surface area contributed by atoms with Crippen LogP contribution in [0.2, 0.25) is 0 Å². The van der Waals surface area contributed by atoms with Gasteiger partial charge in [0.2, 0.25) is 0 Å². The van der Waals surface area contributed by atoms with E-state index in [1.165, 1.54) is 13.4 Å². The summed E-state index contributed by atoms with van der Waals surface area (Å²) in [5.41, 5.74) is 1.61. The predicted molar refractivity (Wildman–Crippen MR) is 124 cm³/mol. The number of ether oxygens (including phenoxy) is 2. The zero-order valence-electron chi connectivity index (χ0n) is 19.6. The Hall–Kier alpha value is -3.68. The van der Waals surface area contributed by atoms with Crippen LogP contribution in [0.4, 0.5) is 0 Å². The minimum Gasteiger partial charge on any atom is -0.468 e. The fourth-order valence-corrected chi connectivity index (χ4v) is 4.83. The van der Waals surface area contributed by atoms with E-state index >= 15 is 0 Å². The molecule has 34 heavy (non-hydrogen) atoms. The molecule has 1 N–H and O–H groups in total. The van der Waals surface area contributed by atoms with Gasteiger partial charge in [0.25, 0.3) is 0 Å². The van der Waals surface area contributed by atoms with Crippen LogP contribution in [-0.4, -0.2) is 31.4 Å². The number of Topliss-reactive ketones (excluding diaryl/α,β-unsaturated/α-hetero) is 1. The van der Waals surface area contributed by atoms with Gasteiger partial charge in [-0.15, -0.1) is 0 Å². The zero-order chi connectivity index (χ0) is 24.6. The summed E-state index contributed by atoms with van der Waals surface area (Å²) in [6.45, 7) is 5.57. The molecule has 2 aliphatic rings. The quantitative estimate of drug-likeness (QED) is 0.529. The van der Waals surface area contributed by atoms with Gasteiger partial charge in [-0.3, -0.25) is 14.4 Å². The van der Waals surface area contributed by atoms with Crippen LogP contribution in [0.25, 0.3) is 11.0 Å². The summed E-state index contributed by atoms with van der Waals surface area (Å²) >= 11 is 0. The molecule has 0 amide bonds. The predicted octanol–water partition coefficient (Wildman–Crippen LogP) is 3.36. The second kappa shape index (κ2) is 9.29. The molecule has 0 fully saturated rings. The highest BCUT2D eigenvalue weighted by Crippen LogP contribution is 2.45. The molecule has 0 saturated carbocycles. The minimum atomic E-state index is -1.04. The molecule has 0 bridgehead atoms. The van der Waals surface area contributed by atoms with Crippen molar-refractivity contribution in [1.82, 2.24) is 5.32 Å². The number of carbonyl (C=O) groups is 3. The van der Waals surface area contributed by atoms with Crippen LogP contribution in [-0.2, 0) is 23.9 Å². The number of allylic oxidation sites excluding steroid dienone is 3. The summed E-state index contributed by atoms with van der Waals surface area (Å²) < 4.78 is 16.0. The van der Waals surface area contributed by atoms with Crippen LogP contribution in [0.15, 0.2) is 62.3 Å². The van der Waals surface area contributed by atoms with Crippen LogP contribution < -0.4 is 10.7 Å². The van der Waals surface area contributed by atoms with Gasteiger partial charge in [-0.25, -0.2) is 4.79 Å². The van der Waals surface area contributed by atoms with Crippen molar-refractivity contribution in [2.45, 2.75) is 39.5 Å². The molecule has 8 nitrogen and oxygen atoms in total. The van der Waals surface area contributed by atoms with Gasteiger partial charge in [-0.2, -0.15) is 0 Å². The molecule has 0 saturated heterocycles. The summed E-state index contributed by atoms with van der Waals surface area (Å²) in [7, 11) is 1.23. The molecule has 2 heterocycles. The molecule has 3 atom stereocenters. The van der Waals surface area contributed by atoms with Crippen LogP contribution in [0.1, 0.15) is 45.1 Å². The fourth-order valence-electron chi connectivity index (χ4n) is 4.83. The van der Waals surface area contributed by atoms with E-state index in [4.69, 9.17) is 13.9 Å². The lowest BCUT2D eigenvalue weighted by Gasteiger charge is -2.37. The monoisotopic (exact) mass is 465 g/mol. The Balaban J connectivity index is 1.95. The number of nitrogens with one attached hydrogen (secondary N) is 1. The summed E-state index contributed by atoms with van der Waals surface area (Å²) in [6, 6.07) is 6.77. The third-order valence-electron chi connectivity index (χ3n) is 6.42. The molecular weight excluding hydrogens is 438 g/mol. The third-order valence-corrected chi connectivity index (χ3v) is 6.42. The lowest BCUT2D eigenvalue weighted by molar-refractivity contribution is -0.151. The standard InChI is InChI=1S/C26H27NO7/c1-5-10-33-26(31)20-14(3)27-17-11-13(2)19(25(30)32-4)24(29)22(17)21(20)16-12-34-18-9-7-6-8-15(18)23(16)28/h6-9,12-13,19,21,27H,5,10-11H2,1-4H3/t13-,19-,21-/m1/s1. The number of ketones is 1. The Kier molecular flexibility index (Phi) is 6.41. The Morgan fingerprint density at radius 3 is 2.65 bits per heavy atom. The summed E-state index contributed by atoms with van der Waals surface area (Å²) in [4.78, 5) is 52.9. The molecule has 0 unspecified atom stereocenters. The number of hydrogen-bond acceptors (Lipinski definition) is 8. The van der Waals surface area contributed by atoms with Crippen LogP contribution >= 0.6 is 0 Å². The number of esters is 2. The molecule has 4 rings (SSSR count). The topological polar surface area (TPSA) is 112 Å². The smallest absolute Gasteiger partial charge is 0.336 e. The lowest BCUT2D eigenvalue weighted by atomic mass is 9.69. The highest BCUT2D eigenvalue weighted by atomic mass is 16.5. The highest BCUT2D eigenvalue weighted by molar-refractivity contribution is 6.12. The molecule has 1 aliphatic heterocycles. The first-order valence-electron chi connectivity index (χ1n) is 11.3. The fraction of sp³-hybridized carbons (Fsp3) is 0.385. The maximum Gasteiger partial charge on any atom is 0.336 e. The molecule has 1 aromatic carbocycles. The molecule has 1 aromatic heterocycles. The minimum absolute atomic E-state index is 0.141. The second-order valence-corrected chi connectivity index (χ2v) is 8.69. The number of dihydropyridines is 1. The zero-order valence-corrected chi connectivity index (χ0v) is 19.6. The summed E-state index contributed by atoms with van der Waals surface area (Å²) in [5.74, 6) is -4.13. The Morgan fingerprint density at radius 2 is 1.94 bits per heavy atom. The Bertz CT molecular complexity index is 1300. The average molecular weight is 466 g/mol. The maximum atomic E-state index is 13.7. The van der Waals surface area contributed by atoms with Gasteiger partial charge in [0.1, 0.15) is 11.5 Å². The second-order valence-electron chi connectivity index (χ2n) is 8.69. The van der Waals surface area contributed by atoms with E-state index < -0.39 is 29.6 Å². The van der Waals surface area contributed by atoms with Crippen LogP contribution in [0.3, 0.4) is 0 Å². The van der Waals surface area contributed by atoms with Crippen molar-refractivity contribution >= 4 is 28.7 Å². The number of methoxy groups -OCH3 is 1. The van der Waals surface area contributed by atoms with Gasteiger partial charge in [0.05, 0.1) is 36.9 Å². The average Bonchev–Trinajstić information content (AvgIpc) is 2.82. The van der Waals surface area contributed by atoms with E-state index in [9.17, 15) is 19.2 Å². The molecular formula is C26H27NO7. The van der Waals surface area contributed by atoms with Gasteiger partial charge < -0.3 is 19.2 Å². The van der Waals surface area contributed by atoms with Crippen molar-refractivity contribution in [3.63, 3.8) is 0 Å². The van der Waals surface area contributed by atoms with Gasteiger partial charge in [-0.1, -0.05) is 26.0 Å². The first-order valence-corrected chi connectivity index (χ1v) is 11.3. The van der Waals surface area contributed by atoms with Crippen molar-refractivity contribution in [1.29, 1.82) is 0 Å². The van der Waals surface area contributed by atoms with Gasteiger partial charge in [0, 0.05) is 22.5 Å². The van der Waals surface area contributed by atoms with Crippen LogP contribution in [0.5, 0.6) is 0 Å². The molecule has 178 valence electrons. The summed E-state index contributed by atoms with van der Waals surface area (Å²) in [5, 5.41) is 3.51. The van der Waals surface area contributed by atoms with Crippen LogP contribution in [0, 0.1) is 11.8 Å². The van der Waals surface area contributed by atoms with E-state index in [-0.39, 0.29) is 34.7 Å². The van der Waals surface area contributed by atoms with Crippen molar-refractivity contribution in [2.24, 2.45) is 11.8 Å². The first-order chi connectivity index (χ1) is 16.3. The SMILES string of the molecule is CCCOC(=O)C1=C(C)NC2=C(C(=O)[C@H](C(=O)OC)[C@H](C)C2)[C@@H]1c1coc2ccccc2c1=O. The number of fused-ring (bicyclic) bond motifs is 1. The Labute approximate surface area is 196 Å². The van der Waals surface area contributed by atoms with Crippen molar-refractivity contribution in [3.8, 4) is 0 Å². The Morgan fingerprint density at radius 1 is 1.21 bits per heavy atom. The third kappa shape index (κ3) is 3.83. The highest BCUT2D eigenvalue weighted by Gasteiger charge is 2.48. The number of para-hydroxylation sites is 1.